The van der Waals surface area contributed by atoms with E-state index in [9.17, 15) is 14.9 Å². The molecule has 0 radical (unpaired) electrons. The Balaban J connectivity index is 2.31. The third-order valence-corrected chi connectivity index (χ3v) is 2.71. The minimum absolute atomic E-state index is 0.0185. The van der Waals surface area contributed by atoms with Crippen LogP contribution in [-0.2, 0) is 0 Å². The SMILES string of the molecule is O=C(Nc1ccc(Cl)nc1)c1cc(Cl)ncc1[N+](=O)[O-]. The van der Waals surface area contributed by atoms with Crippen molar-refractivity contribution in [2.24, 2.45) is 0 Å². The zero-order valence-electron chi connectivity index (χ0n) is 9.71. The molecular formula is C11H6Cl2N4O3. The van der Waals surface area contributed by atoms with Crippen LogP contribution >= 0.6 is 23.2 Å². The van der Waals surface area contributed by atoms with Crippen molar-refractivity contribution < 1.29 is 9.72 Å². The molecule has 102 valence electrons. The largest absolute Gasteiger partial charge is 0.320 e. The van der Waals surface area contributed by atoms with Crippen LogP contribution < -0.4 is 5.32 Å². The molecule has 2 heterocycles. The van der Waals surface area contributed by atoms with Crippen molar-refractivity contribution in [3.05, 3.63) is 56.6 Å². The standard InChI is InChI=1S/C11H6Cl2N4O3/c12-9-2-1-6(4-14-9)16-11(18)7-3-10(13)15-5-8(7)17(19)20/h1-5H,(H,16,18). The van der Waals surface area contributed by atoms with Crippen molar-refractivity contribution in [1.29, 1.82) is 0 Å². The number of pyridine rings is 2. The summed E-state index contributed by atoms with van der Waals surface area (Å²) in [6, 6.07) is 4.12. The van der Waals surface area contributed by atoms with Gasteiger partial charge >= 0.3 is 0 Å². The Kier molecular flexibility index (Phi) is 4.11. The second kappa shape index (κ2) is 5.81. The smallest absolute Gasteiger partial charge is 0.300 e. The average molecular weight is 313 g/mol. The average Bonchev–Trinajstić information content (AvgIpc) is 2.41. The van der Waals surface area contributed by atoms with E-state index in [0.29, 0.717) is 5.69 Å². The van der Waals surface area contributed by atoms with E-state index in [1.807, 2.05) is 0 Å². The van der Waals surface area contributed by atoms with Crippen LogP contribution in [0.5, 0.6) is 0 Å². The molecule has 0 atom stereocenters. The molecule has 0 aliphatic heterocycles. The van der Waals surface area contributed by atoms with Gasteiger partial charge in [0.2, 0.25) is 0 Å². The van der Waals surface area contributed by atoms with Gasteiger partial charge in [-0.15, -0.1) is 0 Å². The number of carbonyl (C=O) groups is 1. The molecular weight excluding hydrogens is 307 g/mol. The van der Waals surface area contributed by atoms with Gasteiger partial charge in [-0.25, -0.2) is 9.97 Å². The van der Waals surface area contributed by atoms with Crippen molar-refractivity contribution in [3.63, 3.8) is 0 Å². The fourth-order valence-corrected chi connectivity index (χ4v) is 1.67. The first-order valence-electron chi connectivity index (χ1n) is 5.20. The van der Waals surface area contributed by atoms with Gasteiger partial charge in [0.1, 0.15) is 22.1 Å². The van der Waals surface area contributed by atoms with Crippen LogP contribution in [-0.4, -0.2) is 20.8 Å². The van der Waals surface area contributed by atoms with E-state index in [1.165, 1.54) is 18.3 Å². The zero-order chi connectivity index (χ0) is 14.7. The van der Waals surface area contributed by atoms with E-state index in [2.05, 4.69) is 15.3 Å². The molecule has 2 aromatic heterocycles. The van der Waals surface area contributed by atoms with Crippen molar-refractivity contribution in [3.8, 4) is 0 Å². The van der Waals surface area contributed by atoms with E-state index >= 15 is 0 Å². The fraction of sp³-hybridized carbons (Fsp3) is 0. The normalized spacial score (nSPS) is 10.1. The van der Waals surface area contributed by atoms with Crippen molar-refractivity contribution in [2.75, 3.05) is 5.32 Å². The van der Waals surface area contributed by atoms with E-state index in [0.717, 1.165) is 12.3 Å². The molecule has 2 aromatic rings. The maximum atomic E-state index is 12.0. The number of halogens is 2. The van der Waals surface area contributed by atoms with Gasteiger partial charge in [-0.05, 0) is 18.2 Å². The maximum absolute atomic E-state index is 12.0. The number of anilines is 1. The Morgan fingerprint density at radius 1 is 1.20 bits per heavy atom. The third-order valence-electron chi connectivity index (χ3n) is 2.28. The zero-order valence-corrected chi connectivity index (χ0v) is 11.2. The lowest BCUT2D eigenvalue weighted by molar-refractivity contribution is -0.385. The summed E-state index contributed by atoms with van der Waals surface area (Å²) in [5.74, 6) is -0.690. The maximum Gasteiger partial charge on any atom is 0.300 e. The first-order valence-corrected chi connectivity index (χ1v) is 5.96. The number of nitro groups is 1. The van der Waals surface area contributed by atoms with Gasteiger partial charge in [0.15, 0.2) is 0 Å². The molecule has 0 spiro atoms. The molecule has 7 nitrogen and oxygen atoms in total. The number of nitrogens with one attached hydrogen (secondary N) is 1. The predicted octanol–water partition coefficient (Wildman–Crippen LogP) is 2.94. The Morgan fingerprint density at radius 3 is 2.50 bits per heavy atom. The summed E-state index contributed by atoms with van der Waals surface area (Å²) in [5.41, 5.74) is -0.277. The Hall–Kier alpha value is -2.25. The fourth-order valence-electron chi connectivity index (χ4n) is 1.40. The lowest BCUT2D eigenvalue weighted by Crippen LogP contribution is -2.14. The van der Waals surface area contributed by atoms with Gasteiger partial charge in [0.05, 0.1) is 16.8 Å². The van der Waals surface area contributed by atoms with Gasteiger partial charge in [-0.3, -0.25) is 14.9 Å². The Labute approximate surface area is 122 Å². The molecule has 0 bridgehead atoms. The molecule has 0 aliphatic carbocycles. The summed E-state index contributed by atoms with van der Waals surface area (Å²) in [4.78, 5) is 29.5. The molecule has 9 heteroatoms. The number of aromatic nitrogens is 2. The van der Waals surface area contributed by atoms with E-state index in [1.54, 1.807) is 0 Å². The summed E-state index contributed by atoms with van der Waals surface area (Å²) in [6.45, 7) is 0. The summed E-state index contributed by atoms with van der Waals surface area (Å²) < 4.78 is 0. The topological polar surface area (TPSA) is 98.0 Å². The van der Waals surface area contributed by atoms with Crippen LogP contribution in [0.25, 0.3) is 0 Å². The van der Waals surface area contributed by atoms with Gasteiger partial charge in [-0.2, -0.15) is 0 Å². The Morgan fingerprint density at radius 2 is 1.90 bits per heavy atom. The first-order chi connectivity index (χ1) is 9.47. The van der Waals surface area contributed by atoms with Gasteiger partial charge in [-0.1, -0.05) is 23.2 Å². The molecule has 2 rings (SSSR count). The van der Waals surface area contributed by atoms with Gasteiger partial charge in [0, 0.05) is 0 Å². The third kappa shape index (κ3) is 3.19. The number of rotatable bonds is 3. The molecule has 0 saturated carbocycles. The molecule has 0 unspecified atom stereocenters. The molecule has 0 fully saturated rings. The second-order valence-corrected chi connectivity index (χ2v) is 4.38. The lowest BCUT2D eigenvalue weighted by atomic mass is 10.2. The van der Waals surface area contributed by atoms with Crippen molar-refractivity contribution in [1.82, 2.24) is 9.97 Å². The predicted molar refractivity (Wildman–Crippen MR) is 73.1 cm³/mol. The van der Waals surface area contributed by atoms with Crippen LogP contribution in [0.2, 0.25) is 10.3 Å². The number of amides is 1. The monoisotopic (exact) mass is 312 g/mol. The minimum atomic E-state index is -0.710. The highest BCUT2D eigenvalue weighted by atomic mass is 35.5. The number of hydrogen-bond donors (Lipinski definition) is 1. The van der Waals surface area contributed by atoms with E-state index in [-0.39, 0.29) is 15.9 Å². The quantitative estimate of drug-likeness (QED) is 0.533. The molecule has 1 N–H and O–H groups in total. The van der Waals surface area contributed by atoms with Crippen LogP contribution in [0.15, 0.2) is 30.6 Å². The van der Waals surface area contributed by atoms with Gasteiger partial charge in [0.25, 0.3) is 11.6 Å². The van der Waals surface area contributed by atoms with E-state index < -0.39 is 16.5 Å². The van der Waals surface area contributed by atoms with Crippen LogP contribution in [0, 0.1) is 10.1 Å². The highest BCUT2D eigenvalue weighted by Crippen LogP contribution is 2.21. The molecule has 1 amide bonds. The second-order valence-electron chi connectivity index (χ2n) is 3.61. The lowest BCUT2D eigenvalue weighted by Gasteiger charge is -2.05. The van der Waals surface area contributed by atoms with Crippen LogP contribution in [0.3, 0.4) is 0 Å². The van der Waals surface area contributed by atoms with Crippen molar-refractivity contribution in [2.45, 2.75) is 0 Å². The molecule has 0 aliphatic rings. The summed E-state index contributed by atoms with van der Waals surface area (Å²) in [7, 11) is 0. The highest BCUT2D eigenvalue weighted by Gasteiger charge is 2.21. The van der Waals surface area contributed by atoms with Crippen molar-refractivity contribution >= 4 is 40.5 Å². The van der Waals surface area contributed by atoms with E-state index in [4.69, 9.17) is 23.2 Å². The molecule has 0 aromatic carbocycles. The summed E-state index contributed by atoms with van der Waals surface area (Å²) in [6.07, 6.45) is 2.26. The van der Waals surface area contributed by atoms with Crippen LogP contribution in [0.4, 0.5) is 11.4 Å². The minimum Gasteiger partial charge on any atom is -0.320 e. The highest BCUT2D eigenvalue weighted by molar-refractivity contribution is 6.30. The number of nitrogens with zero attached hydrogens (tertiary/aromatic N) is 3. The number of hydrogen-bond acceptors (Lipinski definition) is 5. The molecule has 20 heavy (non-hydrogen) atoms. The van der Waals surface area contributed by atoms with Crippen LogP contribution in [0.1, 0.15) is 10.4 Å². The first kappa shape index (κ1) is 14.2. The summed E-state index contributed by atoms with van der Waals surface area (Å²) >= 11 is 11.3. The summed E-state index contributed by atoms with van der Waals surface area (Å²) in [5, 5.41) is 13.6. The van der Waals surface area contributed by atoms with Gasteiger partial charge < -0.3 is 5.32 Å². The molecule has 0 saturated heterocycles. The number of carbonyl (C=O) groups excluding carboxylic acids is 1. The Bertz CT molecular complexity index is 676.